The Morgan fingerprint density at radius 3 is 2.52 bits per heavy atom. The van der Waals surface area contributed by atoms with Crippen LogP contribution in [0.25, 0.3) is 10.9 Å². The third-order valence-corrected chi connectivity index (χ3v) is 6.67. The van der Waals surface area contributed by atoms with Gasteiger partial charge in [-0.2, -0.15) is 4.31 Å². The lowest BCUT2D eigenvalue weighted by atomic mass is 10.0. The molecule has 1 saturated heterocycles. The fourth-order valence-electron chi connectivity index (χ4n) is 2.87. The summed E-state index contributed by atoms with van der Waals surface area (Å²) in [4.78, 5) is 11.3. The molecule has 1 aromatic carbocycles. The van der Waals surface area contributed by atoms with Crippen molar-refractivity contribution in [2.24, 2.45) is 5.92 Å². The Kier molecular flexibility index (Phi) is 4.16. The summed E-state index contributed by atoms with van der Waals surface area (Å²) in [6.07, 6.45) is 1.72. The van der Waals surface area contributed by atoms with E-state index in [1.807, 2.05) is 0 Å². The normalized spacial score (nSPS) is 17.7. The van der Waals surface area contributed by atoms with Crippen LogP contribution in [0.3, 0.4) is 0 Å². The predicted octanol–water partition coefficient (Wildman–Crippen LogP) is 2.45. The van der Waals surface area contributed by atoms with E-state index >= 15 is 0 Å². The number of hydrogen-bond acceptors (Lipinski definition) is 4. The van der Waals surface area contributed by atoms with Gasteiger partial charge in [-0.05, 0) is 43.0 Å². The van der Waals surface area contributed by atoms with Crippen molar-refractivity contribution in [3.8, 4) is 0 Å². The Bertz CT molecular complexity index is 865. The molecule has 1 aliphatic heterocycles. The molecule has 0 saturated carbocycles. The predicted molar refractivity (Wildman–Crippen MR) is 90.4 cm³/mol. The lowest BCUT2D eigenvalue weighted by molar-refractivity contribution is 0.0690. The van der Waals surface area contributed by atoms with Crippen molar-refractivity contribution in [2.45, 2.75) is 24.7 Å². The number of rotatable bonds is 3. The molecule has 0 unspecified atom stereocenters. The topological polar surface area (TPSA) is 79.6 Å². The fourth-order valence-corrected chi connectivity index (χ4v) is 4.70. The van der Waals surface area contributed by atoms with Gasteiger partial charge in [0.2, 0.25) is 10.0 Å². The lowest BCUT2D eigenvalue weighted by Gasteiger charge is -2.29. The highest BCUT2D eigenvalue weighted by Gasteiger charge is 2.28. The molecule has 0 amide bonds. The number of piperidine rings is 1. The van der Waals surface area contributed by atoms with Crippen molar-refractivity contribution in [1.82, 2.24) is 8.28 Å². The first kappa shape index (κ1) is 16.4. The number of hydrogen-bond donors (Lipinski definition) is 2. The molecule has 2 heterocycles. The van der Waals surface area contributed by atoms with E-state index in [2.05, 4.69) is 19.7 Å². The first-order chi connectivity index (χ1) is 10.8. The molecule has 3 rings (SSSR count). The monoisotopic (exact) mass is 354 g/mol. The number of nitrogens with zero attached hydrogens (tertiary/aromatic N) is 2. The Morgan fingerprint density at radius 1 is 1.26 bits per heavy atom. The zero-order valence-corrected chi connectivity index (χ0v) is 14.3. The van der Waals surface area contributed by atoms with Crippen molar-refractivity contribution < 1.29 is 18.3 Å². The molecular formula is C15H18N2O4S2. The lowest BCUT2D eigenvalue weighted by Crippen LogP contribution is -2.37. The van der Waals surface area contributed by atoms with Crippen molar-refractivity contribution in [2.75, 3.05) is 13.1 Å². The average Bonchev–Trinajstić information content (AvgIpc) is 2.84. The molecule has 1 fully saturated rings. The molecule has 6 nitrogen and oxygen atoms in total. The minimum absolute atomic E-state index is 0.00433. The van der Waals surface area contributed by atoms with Crippen molar-refractivity contribution >= 4 is 39.7 Å². The molecule has 8 heteroatoms. The number of carbonyl (C=O) groups is 1. The van der Waals surface area contributed by atoms with E-state index in [1.165, 1.54) is 26.5 Å². The number of aromatic carboxylic acids is 1. The molecule has 1 aromatic heterocycles. The largest absolute Gasteiger partial charge is 0.477 e. The van der Waals surface area contributed by atoms with Gasteiger partial charge in [0.15, 0.2) is 0 Å². The van der Waals surface area contributed by atoms with Gasteiger partial charge in [-0.15, -0.1) is 0 Å². The second kappa shape index (κ2) is 5.85. The number of aromatic nitrogens is 1. The Morgan fingerprint density at radius 2 is 1.91 bits per heavy atom. The number of fused-ring (bicyclic) bond motifs is 1. The minimum atomic E-state index is -3.55. The van der Waals surface area contributed by atoms with Gasteiger partial charge in [0.05, 0.1) is 10.4 Å². The van der Waals surface area contributed by atoms with Gasteiger partial charge in [-0.25, -0.2) is 13.2 Å². The highest BCUT2D eigenvalue weighted by molar-refractivity contribution is 7.89. The molecule has 23 heavy (non-hydrogen) atoms. The number of carboxylic acid groups (broad SMARTS) is 1. The maximum atomic E-state index is 12.7. The summed E-state index contributed by atoms with van der Waals surface area (Å²) in [5, 5.41) is 9.67. The third-order valence-electron chi connectivity index (χ3n) is 4.35. The van der Waals surface area contributed by atoms with Gasteiger partial charge >= 0.3 is 5.97 Å². The zero-order valence-electron chi connectivity index (χ0n) is 12.6. The van der Waals surface area contributed by atoms with E-state index in [4.69, 9.17) is 5.11 Å². The summed E-state index contributed by atoms with van der Waals surface area (Å²) in [5.41, 5.74) is 0.571. The molecule has 1 aliphatic rings. The molecule has 1 N–H and O–H groups in total. The molecule has 0 radical (unpaired) electrons. The molecule has 124 valence electrons. The summed E-state index contributed by atoms with van der Waals surface area (Å²) in [5.74, 6) is -0.564. The van der Waals surface area contributed by atoms with E-state index in [1.54, 1.807) is 6.07 Å². The molecule has 0 atom stereocenters. The van der Waals surface area contributed by atoms with Crippen molar-refractivity contribution in [3.05, 3.63) is 30.0 Å². The van der Waals surface area contributed by atoms with Crippen LogP contribution < -0.4 is 0 Å². The van der Waals surface area contributed by atoms with Crippen LogP contribution in [0.2, 0.25) is 0 Å². The zero-order chi connectivity index (χ0) is 16.8. The van der Waals surface area contributed by atoms with Crippen molar-refractivity contribution in [3.63, 3.8) is 0 Å². The van der Waals surface area contributed by atoms with Crippen LogP contribution in [-0.2, 0) is 10.0 Å². The van der Waals surface area contributed by atoms with E-state index in [0.29, 0.717) is 29.9 Å². The van der Waals surface area contributed by atoms with Crippen LogP contribution in [-0.4, -0.2) is 40.9 Å². The van der Waals surface area contributed by atoms with E-state index < -0.39 is 16.0 Å². The van der Waals surface area contributed by atoms with E-state index in [-0.39, 0.29) is 10.6 Å². The fraction of sp³-hybridized carbons (Fsp3) is 0.400. The van der Waals surface area contributed by atoms with Gasteiger partial charge < -0.3 is 5.11 Å². The average molecular weight is 354 g/mol. The van der Waals surface area contributed by atoms with Crippen molar-refractivity contribution in [1.29, 1.82) is 0 Å². The molecule has 0 aliphatic carbocycles. The second-order valence-electron chi connectivity index (χ2n) is 5.95. The van der Waals surface area contributed by atoms with Crippen LogP contribution in [0, 0.1) is 5.92 Å². The number of sulfonamides is 1. The van der Waals surface area contributed by atoms with Crippen LogP contribution in [0.4, 0.5) is 0 Å². The van der Waals surface area contributed by atoms with E-state index in [0.717, 1.165) is 12.8 Å². The van der Waals surface area contributed by atoms with Gasteiger partial charge in [0.25, 0.3) is 0 Å². The minimum Gasteiger partial charge on any atom is -0.477 e. The summed E-state index contributed by atoms with van der Waals surface area (Å²) in [6, 6.07) is 6.05. The highest BCUT2D eigenvalue weighted by Crippen LogP contribution is 2.28. The molecule has 0 bridgehead atoms. The quantitative estimate of drug-likeness (QED) is 0.830. The first-order valence-electron chi connectivity index (χ1n) is 7.39. The highest BCUT2D eigenvalue weighted by atomic mass is 32.2. The Hall–Kier alpha value is -1.51. The van der Waals surface area contributed by atoms with Crippen LogP contribution in [0.1, 0.15) is 30.3 Å². The molecule has 0 spiro atoms. The maximum absolute atomic E-state index is 12.7. The second-order valence-corrected chi connectivity index (χ2v) is 8.29. The van der Waals surface area contributed by atoms with Crippen LogP contribution in [0.5, 0.6) is 0 Å². The van der Waals surface area contributed by atoms with Gasteiger partial charge in [-0.3, -0.25) is 3.97 Å². The number of thiol groups is 1. The SMILES string of the molecule is CC1CCN(S(=O)(=O)c2ccc3c(c2)cc(C(=O)O)n3S)CC1. The first-order valence-corrected chi connectivity index (χ1v) is 9.23. The molecule has 2 aromatic rings. The van der Waals surface area contributed by atoms with Crippen LogP contribution >= 0.6 is 12.8 Å². The maximum Gasteiger partial charge on any atom is 0.353 e. The third kappa shape index (κ3) is 2.86. The Labute approximate surface area is 140 Å². The van der Waals surface area contributed by atoms with Gasteiger partial charge in [0.1, 0.15) is 5.69 Å². The Balaban J connectivity index is 2.01. The summed E-state index contributed by atoms with van der Waals surface area (Å²) in [7, 11) is -3.55. The van der Waals surface area contributed by atoms with Gasteiger partial charge in [-0.1, -0.05) is 19.7 Å². The smallest absolute Gasteiger partial charge is 0.353 e. The standard InChI is InChI=1S/C15H18N2O4S2/c1-10-4-6-16(7-5-10)23(20,21)12-2-3-13-11(8-12)9-14(15(18)19)17(13)22/h2-3,8-10,22H,4-7H2,1H3,(H,18,19). The molecular weight excluding hydrogens is 336 g/mol. The summed E-state index contributed by atoms with van der Waals surface area (Å²) < 4.78 is 28.2. The van der Waals surface area contributed by atoms with Crippen LogP contribution in [0.15, 0.2) is 29.2 Å². The van der Waals surface area contributed by atoms with E-state index in [9.17, 15) is 13.2 Å². The van der Waals surface area contributed by atoms with Gasteiger partial charge in [0, 0.05) is 18.5 Å². The summed E-state index contributed by atoms with van der Waals surface area (Å²) >= 11 is 4.15. The number of benzene rings is 1. The number of carboxylic acids is 1. The summed E-state index contributed by atoms with van der Waals surface area (Å²) in [6.45, 7) is 3.17.